The Balaban J connectivity index is 2.40. The van der Waals surface area contributed by atoms with E-state index in [0.29, 0.717) is 38.3 Å². The number of nitrogens with zero attached hydrogens (tertiary/aromatic N) is 1. The van der Waals surface area contributed by atoms with Gasteiger partial charge in [0.05, 0.1) is 26.9 Å². The number of carbonyl (C=O) groups is 1. The highest BCUT2D eigenvalue weighted by Gasteiger charge is 2.30. The molecule has 1 aromatic heterocycles. The third-order valence-corrected chi connectivity index (χ3v) is 5.32. The SMILES string of the molecule is C\C=C(OC)/C(OC)=C(\C=C(/C)C1NC(=O)c2c(sc(C#N)c2C)N1)OC. The van der Waals surface area contributed by atoms with Gasteiger partial charge in [0.2, 0.25) is 5.76 Å². The molecule has 0 saturated heterocycles. The molecular formula is C19H23N3O4S. The lowest BCUT2D eigenvalue weighted by atomic mass is 10.1. The van der Waals surface area contributed by atoms with Crippen LogP contribution in [-0.2, 0) is 14.2 Å². The second kappa shape index (κ2) is 8.64. The number of carbonyl (C=O) groups excluding carboxylic acids is 1. The molecule has 0 bridgehead atoms. The molecular weight excluding hydrogens is 366 g/mol. The molecule has 0 saturated carbocycles. The van der Waals surface area contributed by atoms with E-state index in [1.165, 1.54) is 25.6 Å². The topological polar surface area (TPSA) is 92.6 Å². The van der Waals surface area contributed by atoms with Crippen LogP contribution in [0.3, 0.4) is 0 Å². The van der Waals surface area contributed by atoms with Crippen LogP contribution in [0.5, 0.6) is 0 Å². The molecule has 1 unspecified atom stereocenters. The number of fused-ring (bicyclic) bond motifs is 1. The van der Waals surface area contributed by atoms with Crippen molar-refractivity contribution >= 4 is 22.2 Å². The molecule has 144 valence electrons. The average Bonchev–Trinajstić information content (AvgIpc) is 3.00. The Hall–Kier alpha value is -2.92. The van der Waals surface area contributed by atoms with E-state index in [1.807, 2.05) is 13.8 Å². The van der Waals surface area contributed by atoms with Crippen molar-refractivity contribution in [2.75, 3.05) is 26.6 Å². The Morgan fingerprint density at radius 3 is 2.44 bits per heavy atom. The highest BCUT2D eigenvalue weighted by atomic mass is 32.1. The summed E-state index contributed by atoms with van der Waals surface area (Å²) in [7, 11) is 4.62. The first-order valence-corrected chi connectivity index (χ1v) is 9.05. The van der Waals surface area contributed by atoms with Crippen LogP contribution in [-0.4, -0.2) is 33.4 Å². The minimum absolute atomic E-state index is 0.210. The van der Waals surface area contributed by atoms with Crippen molar-refractivity contribution in [3.05, 3.63) is 51.0 Å². The molecule has 0 aromatic carbocycles. The summed E-state index contributed by atoms with van der Waals surface area (Å²) in [6.45, 7) is 5.47. The van der Waals surface area contributed by atoms with Crippen molar-refractivity contribution in [3.63, 3.8) is 0 Å². The number of rotatable bonds is 6. The van der Waals surface area contributed by atoms with Crippen LogP contribution >= 0.6 is 11.3 Å². The fourth-order valence-corrected chi connectivity index (χ4v) is 3.79. The van der Waals surface area contributed by atoms with E-state index in [9.17, 15) is 10.1 Å². The van der Waals surface area contributed by atoms with E-state index < -0.39 is 6.17 Å². The number of hydrogen-bond donors (Lipinski definition) is 2. The molecule has 1 atom stereocenters. The zero-order chi connectivity index (χ0) is 20.1. The van der Waals surface area contributed by atoms with Crippen LogP contribution in [0.1, 0.15) is 34.6 Å². The molecule has 2 rings (SSSR count). The minimum Gasteiger partial charge on any atom is -0.493 e. The van der Waals surface area contributed by atoms with E-state index in [4.69, 9.17) is 14.2 Å². The van der Waals surface area contributed by atoms with Crippen LogP contribution in [0.25, 0.3) is 0 Å². The van der Waals surface area contributed by atoms with Crippen molar-refractivity contribution in [3.8, 4) is 6.07 Å². The Bertz CT molecular complexity index is 874. The number of nitrogens with one attached hydrogen (secondary N) is 2. The summed E-state index contributed by atoms with van der Waals surface area (Å²) in [5.41, 5.74) is 2.02. The zero-order valence-corrected chi connectivity index (χ0v) is 17.0. The monoisotopic (exact) mass is 389 g/mol. The fourth-order valence-electron chi connectivity index (χ4n) is 2.76. The van der Waals surface area contributed by atoms with E-state index in [2.05, 4.69) is 16.7 Å². The highest BCUT2D eigenvalue weighted by Crippen LogP contribution is 2.35. The summed E-state index contributed by atoms with van der Waals surface area (Å²) in [4.78, 5) is 13.0. The van der Waals surface area contributed by atoms with Gasteiger partial charge in [-0.1, -0.05) is 0 Å². The molecule has 1 aromatic rings. The Morgan fingerprint density at radius 2 is 1.93 bits per heavy atom. The lowest BCUT2D eigenvalue weighted by Gasteiger charge is -2.27. The maximum Gasteiger partial charge on any atom is 0.256 e. The molecule has 7 nitrogen and oxygen atoms in total. The number of thiophene rings is 1. The van der Waals surface area contributed by atoms with Crippen LogP contribution in [0.4, 0.5) is 5.00 Å². The van der Waals surface area contributed by atoms with E-state index in [-0.39, 0.29) is 5.91 Å². The van der Waals surface area contributed by atoms with Gasteiger partial charge >= 0.3 is 0 Å². The first-order valence-electron chi connectivity index (χ1n) is 8.23. The van der Waals surface area contributed by atoms with Gasteiger partial charge in [-0.2, -0.15) is 5.26 Å². The van der Waals surface area contributed by atoms with Crippen molar-refractivity contribution < 1.29 is 19.0 Å². The highest BCUT2D eigenvalue weighted by molar-refractivity contribution is 7.17. The summed E-state index contributed by atoms with van der Waals surface area (Å²) in [5.74, 6) is 1.24. The van der Waals surface area contributed by atoms with E-state index >= 15 is 0 Å². The zero-order valence-electron chi connectivity index (χ0n) is 16.2. The third-order valence-electron chi connectivity index (χ3n) is 4.19. The molecule has 0 radical (unpaired) electrons. The largest absolute Gasteiger partial charge is 0.493 e. The van der Waals surface area contributed by atoms with Gasteiger partial charge in [-0.3, -0.25) is 4.79 Å². The number of anilines is 1. The maximum absolute atomic E-state index is 12.5. The van der Waals surface area contributed by atoms with Crippen LogP contribution in [0.2, 0.25) is 0 Å². The van der Waals surface area contributed by atoms with Gasteiger partial charge in [0.25, 0.3) is 5.91 Å². The molecule has 8 heteroatoms. The number of nitriles is 1. The van der Waals surface area contributed by atoms with Gasteiger partial charge < -0.3 is 24.8 Å². The van der Waals surface area contributed by atoms with Crippen molar-refractivity contribution in [1.82, 2.24) is 5.32 Å². The molecule has 2 N–H and O–H groups in total. The molecule has 0 fully saturated rings. The molecule has 0 spiro atoms. The van der Waals surface area contributed by atoms with Gasteiger partial charge in [0.1, 0.15) is 22.1 Å². The third kappa shape index (κ3) is 3.93. The summed E-state index contributed by atoms with van der Waals surface area (Å²) >= 11 is 1.28. The molecule has 1 aliphatic heterocycles. The molecule has 27 heavy (non-hydrogen) atoms. The number of ether oxygens (including phenoxy) is 3. The number of hydrogen-bond acceptors (Lipinski definition) is 7. The molecule has 1 amide bonds. The summed E-state index contributed by atoms with van der Waals surface area (Å²) in [6.07, 6.45) is 3.11. The lowest BCUT2D eigenvalue weighted by Crippen LogP contribution is -2.45. The maximum atomic E-state index is 12.5. The minimum atomic E-state index is -0.436. The van der Waals surface area contributed by atoms with Gasteiger partial charge in [-0.25, -0.2) is 0 Å². The standard InChI is InChI=1S/C19H23N3O4S/c1-7-12(24-4)16(26-6)13(25-5)8-10(2)17-21-18(23)15-11(3)14(9-20)27-19(15)22-17/h7-8,17,22H,1-6H3,(H,21,23)/b10-8+,12-7+,16-13-. The molecule has 2 heterocycles. The van der Waals surface area contributed by atoms with Crippen molar-refractivity contribution in [2.24, 2.45) is 0 Å². The predicted molar refractivity (Wildman–Crippen MR) is 104 cm³/mol. The van der Waals surface area contributed by atoms with Crippen LogP contribution in [0, 0.1) is 18.3 Å². The first-order chi connectivity index (χ1) is 12.9. The molecule has 0 aliphatic carbocycles. The normalized spacial score (nSPS) is 17.8. The van der Waals surface area contributed by atoms with E-state index in [0.717, 1.165) is 5.57 Å². The summed E-state index contributed by atoms with van der Waals surface area (Å²) < 4.78 is 16.2. The van der Waals surface area contributed by atoms with E-state index in [1.54, 1.807) is 26.2 Å². The van der Waals surface area contributed by atoms with Crippen LogP contribution < -0.4 is 10.6 Å². The Kier molecular flexibility index (Phi) is 6.53. The van der Waals surface area contributed by atoms with Gasteiger partial charge in [-0.15, -0.1) is 11.3 Å². The van der Waals surface area contributed by atoms with Gasteiger partial charge in [0, 0.05) is 0 Å². The van der Waals surface area contributed by atoms with Crippen molar-refractivity contribution in [2.45, 2.75) is 26.9 Å². The summed E-state index contributed by atoms with van der Waals surface area (Å²) in [6, 6.07) is 2.13. The Labute approximate surface area is 162 Å². The predicted octanol–water partition coefficient (Wildman–Crippen LogP) is 3.41. The second-order valence-corrected chi connectivity index (χ2v) is 6.79. The average molecular weight is 389 g/mol. The van der Waals surface area contributed by atoms with Gasteiger partial charge in [-0.05, 0) is 44.1 Å². The molecule has 1 aliphatic rings. The number of methoxy groups -OCH3 is 3. The fraction of sp³-hybridized carbons (Fsp3) is 0.368. The lowest BCUT2D eigenvalue weighted by molar-refractivity contribution is 0.0941. The first kappa shape index (κ1) is 20.4. The van der Waals surface area contributed by atoms with Crippen molar-refractivity contribution in [1.29, 1.82) is 5.26 Å². The smallest absolute Gasteiger partial charge is 0.256 e. The van der Waals surface area contributed by atoms with Crippen LogP contribution in [0.15, 0.2) is 35.0 Å². The number of allylic oxidation sites excluding steroid dienone is 2. The Morgan fingerprint density at radius 1 is 1.22 bits per heavy atom. The van der Waals surface area contributed by atoms with Gasteiger partial charge in [0.15, 0.2) is 11.5 Å². The summed E-state index contributed by atoms with van der Waals surface area (Å²) in [5, 5.41) is 16.1. The number of amides is 1. The second-order valence-electron chi connectivity index (χ2n) is 5.77. The quantitative estimate of drug-likeness (QED) is 0.572.